The van der Waals surface area contributed by atoms with Crippen LogP contribution in [0.15, 0.2) is 6.07 Å². The second kappa shape index (κ2) is 6.09. The highest BCUT2D eigenvalue weighted by atomic mass is 79.9. The lowest BCUT2D eigenvalue weighted by molar-refractivity contribution is -0.276. The van der Waals surface area contributed by atoms with Gasteiger partial charge in [0.05, 0.1) is 14.2 Å². The predicted molar refractivity (Wildman–Crippen MR) is 61.4 cm³/mol. The topological polar surface area (TPSA) is 57.7 Å². The van der Waals surface area contributed by atoms with E-state index in [4.69, 9.17) is 4.74 Å². The van der Waals surface area contributed by atoms with Crippen molar-refractivity contribution in [2.75, 3.05) is 14.2 Å². The highest BCUT2D eigenvalue weighted by Gasteiger charge is 2.34. The van der Waals surface area contributed by atoms with Gasteiger partial charge >= 0.3 is 12.3 Å². The van der Waals surface area contributed by atoms with Crippen LogP contribution in [-0.2, 0) is 10.1 Å². The molecule has 0 unspecified atom stereocenters. The Bertz CT molecular complexity index is 479. The van der Waals surface area contributed by atoms with Crippen LogP contribution in [0.5, 0.6) is 11.6 Å². The van der Waals surface area contributed by atoms with Crippen molar-refractivity contribution >= 4 is 21.9 Å². The number of esters is 1. The summed E-state index contributed by atoms with van der Waals surface area (Å²) in [5, 5.41) is 0.188. The van der Waals surface area contributed by atoms with Gasteiger partial charge < -0.3 is 14.2 Å². The van der Waals surface area contributed by atoms with Crippen LogP contribution in [0.25, 0.3) is 0 Å². The van der Waals surface area contributed by atoms with Crippen molar-refractivity contribution in [3.05, 3.63) is 17.3 Å². The summed E-state index contributed by atoms with van der Waals surface area (Å²) in [5.41, 5.74) is 0.0395. The summed E-state index contributed by atoms with van der Waals surface area (Å²) < 4.78 is 49.5. The van der Waals surface area contributed by atoms with Crippen LogP contribution in [0.1, 0.15) is 16.1 Å². The molecule has 0 atom stereocenters. The van der Waals surface area contributed by atoms with Crippen LogP contribution >= 0.6 is 15.9 Å². The smallest absolute Gasteiger partial charge is 0.491 e. The van der Waals surface area contributed by atoms with Gasteiger partial charge in [0.1, 0.15) is 0 Å². The minimum Gasteiger partial charge on any atom is -0.491 e. The number of methoxy groups -OCH3 is 2. The molecule has 106 valence electrons. The first-order chi connectivity index (χ1) is 8.82. The number of halogens is 4. The Morgan fingerprint density at radius 2 is 2.05 bits per heavy atom. The fraction of sp³-hybridized carbons (Fsp3) is 0.400. The number of rotatable bonds is 4. The van der Waals surface area contributed by atoms with Crippen LogP contribution in [0, 0.1) is 0 Å². The van der Waals surface area contributed by atoms with E-state index in [-0.39, 0.29) is 16.8 Å². The second-order valence-electron chi connectivity index (χ2n) is 3.18. The molecule has 0 aliphatic rings. The first-order valence-electron chi connectivity index (χ1n) is 4.80. The lowest BCUT2D eigenvalue weighted by atomic mass is 10.2. The summed E-state index contributed by atoms with van der Waals surface area (Å²) in [4.78, 5) is 14.9. The molecule has 0 bridgehead atoms. The molecule has 0 spiro atoms. The Kier molecular flexibility index (Phi) is 4.98. The number of aromatic nitrogens is 1. The number of alkyl halides is 4. The number of carbonyl (C=O) groups is 1. The van der Waals surface area contributed by atoms with E-state index in [1.807, 2.05) is 0 Å². The van der Waals surface area contributed by atoms with E-state index in [9.17, 15) is 18.0 Å². The SMILES string of the molecule is COC(=O)c1nc(OC(F)(F)F)c(OC)cc1CBr. The number of hydrogen-bond donors (Lipinski definition) is 0. The van der Waals surface area contributed by atoms with Gasteiger partial charge in [0.25, 0.3) is 5.88 Å². The lowest BCUT2D eigenvalue weighted by Crippen LogP contribution is -2.20. The highest BCUT2D eigenvalue weighted by Crippen LogP contribution is 2.32. The van der Waals surface area contributed by atoms with Crippen molar-refractivity contribution in [1.29, 1.82) is 0 Å². The second-order valence-corrected chi connectivity index (χ2v) is 3.74. The number of ether oxygens (including phenoxy) is 3. The molecule has 1 rings (SSSR count). The molecular weight excluding hydrogens is 335 g/mol. The maximum Gasteiger partial charge on any atom is 0.574 e. The summed E-state index contributed by atoms with van der Waals surface area (Å²) >= 11 is 3.09. The van der Waals surface area contributed by atoms with E-state index in [1.54, 1.807) is 0 Å². The molecule has 0 fully saturated rings. The summed E-state index contributed by atoms with van der Waals surface area (Å²) in [6.45, 7) is 0. The molecule has 0 N–H and O–H groups in total. The third kappa shape index (κ3) is 3.98. The van der Waals surface area contributed by atoms with Crippen LogP contribution in [0.3, 0.4) is 0 Å². The van der Waals surface area contributed by atoms with E-state index in [1.165, 1.54) is 6.07 Å². The van der Waals surface area contributed by atoms with Gasteiger partial charge in [-0.3, -0.25) is 0 Å². The molecule has 1 heterocycles. The third-order valence-electron chi connectivity index (χ3n) is 1.99. The number of carbonyl (C=O) groups excluding carboxylic acids is 1. The largest absolute Gasteiger partial charge is 0.574 e. The number of pyridine rings is 1. The fourth-order valence-electron chi connectivity index (χ4n) is 1.22. The number of hydrogen-bond acceptors (Lipinski definition) is 5. The molecule has 5 nitrogen and oxygen atoms in total. The van der Waals surface area contributed by atoms with Crippen molar-refractivity contribution in [2.45, 2.75) is 11.7 Å². The quantitative estimate of drug-likeness (QED) is 0.621. The Balaban J connectivity index is 3.33. The zero-order valence-electron chi connectivity index (χ0n) is 9.88. The predicted octanol–water partition coefficient (Wildman–Crippen LogP) is 2.67. The molecule has 0 aliphatic heterocycles. The van der Waals surface area contributed by atoms with E-state index < -0.39 is 18.2 Å². The molecule has 0 amide bonds. The summed E-state index contributed by atoms with van der Waals surface area (Å²) in [6, 6.07) is 1.22. The van der Waals surface area contributed by atoms with Gasteiger partial charge in [-0.15, -0.1) is 13.2 Å². The van der Waals surface area contributed by atoms with Crippen LogP contribution in [-0.4, -0.2) is 31.5 Å². The molecule has 19 heavy (non-hydrogen) atoms. The van der Waals surface area contributed by atoms with Crippen LogP contribution < -0.4 is 9.47 Å². The zero-order chi connectivity index (χ0) is 14.6. The Morgan fingerprint density at radius 1 is 1.42 bits per heavy atom. The Morgan fingerprint density at radius 3 is 2.47 bits per heavy atom. The van der Waals surface area contributed by atoms with Gasteiger partial charge in [0, 0.05) is 5.33 Å². The van der Waals surface area contributed by atoms with Gasteiger partial charge in [-0.05, 0) is 11.6 Å². The van der Waals surface area contributed by atoms with Crippen molar-refractivity contribution in [3.8, 4) is 11.6 Å². The molecule has 1 aromatic heterocycles. The summed E-state index contributed by atoms with van der Waals surface area (Å²) in [7, 11) is 2.26. The molecule has 0 aliphatic carbocycles. The molecule has 0 saturated carbocycles. The average Bonchev–Trinajstić information content (AvgIpc) is 2.35. The average molecular weight is 344 g/mol. The summed E-state index contributed by atoms with van der Waals surface area (Å²) in [5.74, 6) is -1.95. The van der Waals surface area contributed by atoms with Gasteiger partial charge in [-0.1, -0.05) is 15.9 Å². The van der Waals surface area contributed by atoms with Crippen molar-refractivity contribution in [1.82, 2.24) is 4.98 Å². The van der Waals surface area contributed by atoms with Gasteiger partial charge in [0.15, 0.2) is 11.4 Å². The summed E-state index contributed by atoms with van der Waals surface area (Å²) in [6.07, 6.45) is -4.94. The normalized spacial score (nSPS) is 11.1. The minimum atomic E-state index is -4.94. The molecule has 0 radical (unpaired) electrons. The van der Waals surface area contributed by atoms with E-state index >= 15 is 0 Å². The minimum absolute atomic E-state index is 0.188. The van der Waals surface area contributed by atoms with Crippen molar-refractivity contribution in [2.24, 2.45) is 0 Å². The molecule has 1 aromatic rings. The molecule has 0 saturated heterocycles. The van der Waals surface area contributed by atoms with Crippen molar-refractivity contribution in [3.63, 3.8) is 0 Å². The standard InChI is InChI=1S/C10H9BrF3NO4/c1-17-6-3-5(4-11)7(9(16)18-2)15-8(6)19-10(12,13)14/h3H,4H2,1-2H3. The van der Waals surface area contributed by atoms with Gasteiger partial charge in [-0.2, -0.15) is 0 Å². The number of nitrogens with zero attached hydrogens (tertiary/aromatic N) is 1. The monoisotopic (exact) mass is 343 g/mol. The van der Waals surface area contributed by atoms with Gasteiger partial charge in [0.2, 0.25) is 0 Å². The Hall–Kier alpha value is -1.51. The first kappa shape index (κ1) is 15.5. The zero-order valence-corrected chi connectivity index (χ0v) is 11.5. The highest BCUT2D eigenvalue weighted by molar-refractivity contribution is 9.08. The van der Waals surface area contributed by atoms with E-state index in [0.717, 1.165) is 14.2 Å². The van der Waals surface area contributed by atoms with E-state index in [0.29, 0.717) is 5.56 Å². The van der Waals surface area contributed by atoms with E-state index in [2.05, 4.69) is 30.4 Å². The molecule has 0 aromatic carbocycles. The fourth-order valence-corrected chi connectivity index (χ4v) is 1.65. The molecule has 9 heteroatoms. The van der Waals surface area contributed by atoms with Crippen LogP contribution in [0.4, 0.5) is 13.2 Å². The van der Waals surface area contributed by atoms with Gasteiger partial charge in [-0.25, -0.2) is 9.78 Å². The Labute approximate surface area is 114 Å². The maximum atomic E-state index is 12.2. The molecular formula is C10H9BrF3NO4. The lowest BCUT2D eigenvalue weighted by Gasteiger charge is -2.14. The van der Waals surface area contributed by atoms with Crippen molar-refractivity contribution < 1.29 is 32.2 Å². The third-order valence-corrected chi connectivity index (χ3v) is 2.59. The van der Waals surface area contributed by atoms with Crippen LogP contribution in [0.2, 0.25) is 0 Å². The first-order valence-corrected chi connectivity index (χ1v) is 5.92. The maximum absolute atomic E-state index is 12.2.